The van der Waals surface area contributed by atoms with Gasteiger partial charge in [0.1, 0.15) is 5.82 Å². The molecule has 1 heterocycles. The average Bonchev–Trinajstić information content (AvgIpc) is 1.99. The first-order valence-corrected chi connectivity index (χ1v) is 3.18. The molecule has 8 nitrogen and oxygen atoms in total. The van der Waals surface area contributed by atoms with Gasteiger partial charge in [-0.3, -0.25) is 9.36 Å². The van der Waals surface area contributed by atoms with Crippen LogP contribution >= 0.6 is 0 Å². The van der Waals surface area contributed by atoms with Gasteiger partial charge in [-0.05, 0) is 0 Å². The van der Waals surface area contributed by atoms with Crippen LogP contribution in [0.5, 0.6) is 0 Å². The summed E-state index contributed by atoms with van der Waals surface area (Å²) < 4.78 is 0.695. The summed E-state index contributed by atoms with van der Waals surface area (Å²) in [6.07, 6.45) is 0. The highest BCUT2D eigenvalue weighted by molar-refractivity contribution is 5.25. The fourth-order valence-corrected chi connectivity index (χ4v) is 0.782. The number of hydrogen-bond acceptors (Lipinski definition) is 5. The highest BCUT2D eigenvalue weighted by Gasteiger charge is 2.14. The molecule has 0 aromatic carbocycles. The highest BCUT2D eigenvalue weighted by atomic mass is 16.7. The summed E-state index contributed by atoms with van der Waals surface area (Å²) in [5.74, 6) is -0.117. The first-order valence-electron chi connectivity index (χ1n) is 3.18. The molecule has 1 rings (SSSR count). The molecule has 13 heavy (non-hydrogen) atoms. The van der Waals surface area contributed by atoms with Crippen LogP contribution in [0.1, 0.15) is 0 Å². The van der Waals surface area contributed by atoms with Crippen molar-refractivity contribution in [2.45, 2.75) is 0 Å². The Hall–Kier alpha value is -2.12. The molecule has 0 bridgehead atoms. The van der Waals surface area contributed by atoms with Gasteiger partial charge in [-0.1, -0.05) is 0 Å². The van der Waals surface area contributed by atoms with Gasteiger partial charge in [0.2, 0.25) is 0 Å². The summed E-state index contributed by atoms with van der Waals surface area (Å²) in [5.41, 5.74) is 3.09. The van der Waals surface area contributed by atoms with E-state index in [2.05, 4.69) is 0 Å². The van der Waals surface area contributed by atoms with Gasteiger partial charge in [0.15, 0.2) is 5.03 Å². The Balaban J connectivity index is 3.74. The Kier molecular flexibility index (Phi) is 1.89. The Labute approximate surface area is 70.9 Å². The van der Waals surface area contributed by atoms with E-state index in [1.54, 1.807) is 0 Å². The second-order valence-corrected chi connectivity index (χ2v) is 2.30. The minimum absolute atomic E-state index is 0.115. The van der Waals surface area contributed by atoms with Gasteiger partial charge in [0.05, 0.1) is 6.07 Å². The summed E-state index contributed by atoms with van der Waals surface area (Å²) in [6, 6.07) is 0.810. The first kappa shape index (κ1) is 8.97. The normalized spacial score (nSPS) is 9.92. The number of nitrogens with two attached hydrogens (primary N) is 1. The zero-order chi connectivity index (χ0) is 10.2. The highest BCUT2D eigenvalue weighted by Crippen LogP contribution is 1.88. The third-order valence-electron chi connectivity index (χ3n) is 1.50. The van der Waals surface area contributed by atoms with Crippen molar-refractivity contribution in [3.63, 3.8) is 0 Å². The van der Waals surface area contributed by atoms with E-state index in [-0.39, 0.29) is 10.5 Å². The van der Waals surface area contributed by atoms with E-state index in [0.717, 1.165) is 10.6 Å². The largest absolute Gasteiger partial charge is 0.393 e. The molecule has 0 saturated carbocycles. The predicted molar refractivity (Wildman–Crippen MR) is 42.7 cm³/mol. The second kappa shape index (κ2) is 2.73. The molecule has 0 aliphatic heterocycles. The smallest absolute Gasteiger partial charge is 0.385 e. The predicted octanol–water partition coefficient (Wildman–Crippen LogP) is -1.83. The van der Waals surface area contributed by atoms with Crippen molar-refractivity contribution in [3.8, 4) is 0 Å². The number of anilines is 1. The Morgan fingerprint density at radius 2 is 2.08 bits per heavy atom. The number of nitro groups is 1. The molecule has 0 fully saturated rings. The molecule has 1 aromatic heterocycles. The van der Waals surface area contributed by atoms with Crippen LogP contribution in [0.4, 0.5) is 5.82 Å². The Bertz CT molecular complexity index is 470. The standard InChI is InChI=1S/C5H6N4O4/c1-7-3(6)2-4(10)8(5(7)11)9(12)13/h2H,6H2,1H3. The van der Waals surface area contributed by atoms with Crippen molar-refractivity contribution in [1.29, 1.82) is 0 Å². The summed E-state index contributed by atoms with van der Waals surface area (Å²) in [4.78, 5) is 32.2. The molecule has 0 unspecified atom stereocenters. The van der Waals surface area contributed by atoms with Gasteiger partial charge in [0.25, 0.3) is 0 Å². The first-order chi connectivity index (χ1) is 5.95. The van der Waals surface area contributed by atoms with Crippen LogP contribution in [0.15, 0.2) is 15.7 Å². The van der Waals surface area contributed by atoms with Crippen molar-refractivity contribution < 1.29 is 5.03 Å². The molecular weight excluding hydrogens is 180 g/mol. The SMILES string of the molecule is Cn1c(N)cc(=O)n([N+](=O)[O-])c1=O. The number of rotatable bonds is 1. The molecule has 0 atom stereocenters. The number of nitrogens with zero attached hydrogens (tertiary/aromatic N) is 3. The van der Waals surface area contributed by atoms with Crippen molar-refractivity contribution in [3.05, 3.63) is 37.0 Å². The van der Waals surface area contributed by atoms with Gasteiger partial charge in [-0.2, -0.15) is 0 Å². The number of nitrogen functional groups attached to an aromatic ring is 1. The summed E-state index contributed by atoms with van der Waals surface area (Å²) in [7, 11) is 1.23. The zero-order valence-corrected chi connectivity index (χ0v) is 6.63. The number of aromatic nitrogens is 2. The lowest BCUT2D eigenvalue weighted by molar-refractivity contribution is -0.548. The average molecular weight is 186 g/mol. The van der Waals surface area contributed by atoms with E-state index in [1.165, 1.54) is 7.05 Å². The van der Waals surface area contributed by atoms with Gasteiger partial charge < -0.3 is 5.73 Å². The minimum atomic E-state index is -1.09. The van der Waals surface area contributed by atoms with Crippen molar-refractivity contribution in [1.82, 2.24) is 9.24 Å². The molecule has 0 saturated heterocycles. The van der Waals surface area contributed by atoms with Crippen LogP contribution in [-0.2, 0) is 7.05 Å². The summed E-state index contributed by atoms with van der Waals surface area (Å²) in [6.45, 7) is 0. The topological polar surface area (TPSA) is 113 Å². The fraction of sp³-hybridized carbons (Fsp3) is 0.200. The van der Waals surface area contributed by atoms with Crippen LogP contribution in [0.3, 0.4) is 0 Å². The molecule has 0 aliphatic carbocycles. The van der Waals surface area contributed by atoms with Crippen molar-refractivity contribution >= 4 is 5.82 Å². The zero-order valence-electron chi connectivity index (χ0n) is 6.63. The quantitative estimate of drug-likeness (QED) is 0.409. The molecule has 70 valence electrons. The van der Waals surface area contributed by atoms with Crippen molar-refractivity contribution in [2.24, 2.45) is 7.05 Å². The van der Waals surface area contributed by atoms with Gasteiger partial charge in [-0.15, -0.1) is 0 Å². The number of hydrogen-bond donors (Lipinski definition) is 1. The monoisotopic (exact) mass is 186 g/mol. The van der Waals surface area contributed by atoms with E-state index in [4.69, 9.17) is 5.73 Å². The molecule has 1 aromatic rings. The van der Waals surface area contributed by atoms with Gasteiger partial charge >= 0.3 is 11.2 Å². The molecular formula is C5H6N4O4. The lowest BCUT2D eigenvalue weighted by atomic mass is 10.6. The van der Waals surface area contributed by atoms with Crippen LogP contribution in [0.2, 0.25) is 0 Å². The minimum Gasteiger partial charge on any atom is -0.385 e. The fourth-order valence-electron chi connectivity index (χ4n) is 0.782. The maximum atomic E-state index is 11.1. The molecule has 0 spiro atoms. The molecule has 8 heteroatoms. The molecule has 2 N–H and O–H groups in total. The summed E-state index contributed by atoms with van der Waals surface area (Å²) in [5, 5.41) is 9.13. The molecule has 0 aliphatic rings. The van der Waals surface area contributed by atoms with Crippen molar-refractivity contribution in [2.75, 3.05) is 5.73 Å². The molecule has 0 amide bonds. The Morgan fingerprint density at radius 3 is 2.54 bits per heavy atom. The lowest BCUT2D eigenvalue weighted by Gasteiger charge is -2.00. The lowest BCUT2D eigenvalue weighted by Crippen LogP contribution is -2.43. The van der Waals surface area contributed by atoms with Crippen LogP contribution in [-0.4, -0.2) is 14.3 Å². The molecule has 0 radical (unpaired) electrons. The third kappa shape index (κ3) is 1.28. The maximum absolute atomic E-state index is 11.1. The van der Waals surface area contributed by atoms with E-state index in [1.807, 2.05) is 0 Å². The van der Waals surface area contributed by atoms with Gasteiger partial charge in [0, 0.05) is 11.7 Å². The van der Waals surface area contributed by atoms with Crippen LogP contribution in [0.25, 0.3) is 0 Å². The van der Waals surface area contributed by atoms with E-state index >= 15 is 0 Å². The van der Waals surface area contributed by atoms with Gasteiger partial charge in [-0.25, -0.2) is 14.9 Å². The summed E-state index contributed by atoms with van der Waals surface area (Å²) >= 11 is 0. The maximum Gasteiger partial charge on any atom is 0.393 e. The van der Waals surface area contributed by atoms with E-state index < -0.39 is 16.3 Å². The van der Waals surface area contributed by atoms with Crippen LogP contribution < -0.4 is 17.0 Å². The second-order valence-electron chi connectivity index (χ2n) is 2.30. The Morgan fingerprint density at radius 1 is 1.54 bits per heavy atom. The van der Waals surface area contributed by atoms with E-state index in [9.17, 15) is 19.7 Å². The van der Waals surface area contributed by atoms with Crippen LogP contribution in [0, 0.1) is 10.1 Å². The third-order valence-corrected chi connectivity index (χ3v) is 1.50. The van der Waals surface area contributed by atoms with E-state index in [0.29, 0.717) is 0 Å².